The van der Waals surface area contributed by atoms with Gasteiger partial charge in [-0.2, -0.15) is 0 Å². The fraction of sp³-hybridized carbons (Fsp3) is 0.688. The van der Waals surface area contributed by atoms with Crippen LogP contribution >= 0.6 is 0 Å². The number of hydrogen-bond donors (Lipinski definition) is 0. The van der Waals surface area contributed by atoms with E-state index >= 15 is 0 Å². The Hall–Kier alpha value is -0.970. The van der Waals surface area contributed by atoms with Crippen LogP contribution in [0.4, 0.5) is 0 Å². The second-order valence-electron chi connectivity index (χ2n) is 6.55. The monoisotopic (exact) mass is 273 g/mol. The molecule has 3 aliphatic rings. The minimum Gasteiger partial charge on any atom is -0.380 e. The molecule has 3 fully saturated rings. The Kier molecular flexibility index (Phi) is 3.46. The van der Waals surface area contributed by atoms with E-state index in [0.717, 1.165) is 31.6 Å². The van der Waals surface area contributed by atoms with E-state index in [1.165, 1.54) is 38.2 Å². The van der Waals surface area contributed by atoms with E-state index < -0.39 is 0 Å². The van der Waals surface area contributed by atoms with Gasteiger partial charge in [0.25, 0.3) is 0 Å². The molecule has 0 aliphatic carbocycles. The van der Waals surface area contributed by atoms with E-state index in [2.05, 4.69) is 20.9 Å². The van der Waals surface area contributed by atoms with Crippen LogP contribution in [-0.4, -0.2) is 60.2 Å². The van der Waals surface area contributed by atoms with Crippen molar-refractivity contribution in [3.63, 3.8) is 0 Å². The highest BCUT2D eigenvalue weighted by Gasteiger charge is 2.42. The number of hydrogen-bond acceptors (Lipinski definition) is 4. The molecule has 3 atom stereocenters. The summed E-state index contributed by atoms with van der Waals surface area (Å²) in [5.74, 6) is 1.74. The van der Waals surface area contributed by atoms with E-state index in [4.69, 9.17) is 4.74 Å². The number of ether oxygens (including phenoxy) is 1. The lowest BCUT2D eigenvalue weighted by molar-refractivity contribution is 0.149. The lowest BCUT2D eigenvalue weighted by Crippen LogP contribution is -2.36. The van der Waals surface area contributed by atoms with Crippen LogP contribution in [0.2, 0.25) is 0 Å². The number of pyridine rings is 1. The third-order valence-corrected chi connectivity index (χ3v) is 5.14. The summed E-state index contributed by atoms with van der Waals surface area (Å²) >= 11 is 0. The molecule has 4 heterocycles. The van der Waals surface area contributed by atoms with Crippen molar-refractivity contribution in [3.05, 3.63) is 30.1 Å². The van der Waals surface area contributed by atoms with E-state index in [-0.39, 0.29) is 0 Å². The Bertz CT molecular complexity index is 432. The molecular formula is C16H23N3O. The van der Waals surface area contributed by atoms with Gasteiger partial charge in [-0.15, -0.1) is 0 Å². The van der Waals surface area contributed by atoms with Crippen LogP contribution < -0.4 is 0 Å². The molecule has 3 aliphatic heterocycles. The topological polar surface area (TPSA) is 28.6 Å². The molecule has 4 heteroatoms. The molecule has 20 heavy (non-hydrogen) atoms. The van der Waals surface area contributed by atoms with Crippen molar-refractivity contribution in [3.8, 4) is 0 Å². The van der Waals surface area contributed by atoms with Gasteiger partial charge in [0.15, 0.2) is 0 Å². The van der Waals surface area contributed by atoms with Gasteiger partial charge < -0.3 is 4.74 Å². The second-order valence-corrected chi connectivity index (χ2v) is 6.55. The molecule has 3 saturated heterocycles. The fourth-order valence-corrected chi connectivity index (χ4v) is 4.11. The maximum absolute atomic E-state index is 5.53. The Morgan fingerprint density at radius 3 is 2.70 bits per heavy atom. The zero-order valence-electron chi connectivity index (χ0n) is 11.9. The first kappa shape index (κ1) is 12.7. The highest BCUT2D eigenvalue weighted by Crippen LogP contribution is 2.34. The van der Waals surface area contributed by atoms with Crippen molar-refractivity contribution in [1.29, 1.82) is 0 Å². The first-order chi connectivity index (χ1) is 9.88. The van der Waals surface area contributed by atoms with E-state index in [9.17, 15) is 0 Å². The molecule has 0 bridgehead atoms. The molecule has 4 rings (SSSR count). The zero-order chi connectivity index (χ0) is 13.4. The van der Waals surface area contributed by atoms with Crippen molar-refractivity contribution in [2.75, 3.05) is 39.4 Å². The fourth-order valence-electron chi connectivity index (χ4n) is 4.11. The standard InChI is InChI=1S/C16H23N3O/c1-2-13(6-17-4-1)7-18-8-14-10-19(11-15(14)9-18)16-3-5-20-12-16/h1-2,4,6,14-16H,3,5,7-12H2/t14-,15+,16?. The highest BCUT2D eigenvalue weighted by atomic mass is 16.5. The van der Waals surface area contributed by atoms with Gasteiger partial charge in [-0.05, 0) is 29.9 Å². The van der Waals surface area contributed by atoms with Gasteiger partial charge in [0.2, 0.25) is 0 Å². The third-order valence-electron chi connectivity index (χ3n) is 5.14. The van der Waals surface area contributed by atoms with Gasteiger partial charge in [-0.25, -0.2) is 0 Å². The molecular weight excluding hydrogens is 250 g/mol. The van der Waals surface area contributed by atoms with Crippen molar-refractivity contribution in [1.82, 2.24) is 14.8 Å². The lowest BCUT2D eigenvalue weighted by atomic mass is 10.0. The van der Waals surface area contributed by atoms with Crippen LogP contribution in [0.15, 0.2) is 24.5 Å². The summed E-state index contributed by atoms with van der Waals surface area (Å²) in [6.45, 7) is 8.05. The highest BCUT2D eigenvalue weighted by molar-refractivity contribution is 5.09. The Balaban J connectivity index is 1.32. The van der Waals surface area contributed by atoms with Crippen LogP contribution in [0, 0.1) is 11.8 Å². The number of likely N-dealkylation sites (tertiary alicyclic amines) is 2. The molecule has 0 aromatic carbocycles. The maximum Gasteiger partial charge on any atom is 0.0622 e. The Morgan fingerprint density at radius 2 is 2.05 bits per heavy atom. The van der Waals surface area contributed by atoms with Gasteiger partial charge >= 0.3 is 0 Å². The van der Waals surface area contributed by atoms with E-state index in [1.807, 2.05) is 18.5 Å². The third kappa shape index (κ3) is 2.48. The minimum atomic E-state index is 0.701. The van der Waals surface area contributed by atoms with Crippen molar-refractivity contribution in [2.24, 2.45) is 11.8 Å². The minimum absolute atomic E-state index is 0.701. The van der Waals surface area contributed by atoms with Crippen LogP contribution in [0.3, 0.4) is 0 Å². The predicted molar refractivity (Wildman–Crippen MR) is 77.3 cm³/mol. The zero-order valence-corrected chi connectivity index (χ0v) is 11.9. The van der Waals surface area contributed by atoms with Crippen molar-refractivity contribution in [2.45, 2.75) is 19.0 Å². The summed E-state index contributed by atoms with van der Waals surface area (Å²) in [7, 11) is 0. The van der Waals surface area contributed by atoms with Crippen molar-refractivity contribution >= 4 is 0 Å². The van der Waals surface area contributed by atoms with Gasteiger partial charge in [0.05, 0.1) is 6.61 Å². The van der Waals surface area contributed by atoms with Crippen LogP contribution in [0.5, 0.6) is 0 Å². The first-order valence-corrected chi connectivity index (χ1v) is 7.81. The number of rotatable bonds is 3. The molecule has 0 saturated carbocycles. The summed E-state index contributed by atoms with van der Waals surface area (Å²) in [5.41, 5.74) is 1.34. The number of aromatic nitrogens is 1. The molecule has 0 radical (unpaired) electrons. The summed E-state index contributed by atoms with van der Waals surface area (Å²) in [6, 6.07) is 4.92. The maximum atomic E-state index is 5.53. The average molecular weight is 273 g/mol. The van der Waals surface area contributed by atoms with Gasteiger partial charge in [0.1, 0.15) is 0 Å². The van der Waals surface area contributed by atoms with Crippen molar-refractivity contribution < 1.29 is 4.74 Å². The molecule has 0 spiro atoms. The largest absolute Gasteiger partial charge is 0.380 e. The normalized spacial score (nSPS) is 34.7. The predicted octanol–water partition coefficient (Wildman–Crippen LogP) is 1.23. The van der Waals surface area contributed by atoms with Crippen LogP contribution in [0.1, 0.15) is 12.0 Å². The molecule has 4 nitrogen and oxygen atoms in total. The molecule has 1 unspecified atom stereocenters. The number of fused-ring (bicyclic) bond motifs is 1. The average Bonchev–Trinajstić information content (AvgIpc) is 3.13. The smallest absolute Gasteiger partial charge is 0.0622 e. The molecule has 1 aromatic heterocycles. The Morgan fingerprint density at radius 1 is 1.20 bits per heavy atom. The van der Waals surface area contributed by atoms with E-state index in [0.29, 0.717) is 6.04 Å². The Labute approximate surface area is 120 Å². The summed E-state index contributed by atoms with van der Waals surface area (Å²) in [5, 5.41) is 0. The van der Waals surface area contributed by atoms with Gasteiger partial charge in [-0.1, -0.05) is 6.07 Å². The molecule has 108 valence electrons. The number of nitrogens with zero attached hydrogens (tertiary/aromatic N) is 3. The van der Waals surface area contributed by atoms with Gasteiger partial charge in [-0.3, -0.25) is 14.8 Å². The van der Waals surface area contributed by atoms with E-state index in [1.54, 1.807) is 0 Å². The molecule has 1 aromatic rings. The summed E-state index contributed by atoms with van der Waals surface area (Å²) in [4.78, 5) is 9.50. The summed E-state index contributed by atoms with van der Waals surface area (Å²) in [6.07, 6.45) is 5.08. The molecule has 0 amide bonds. The quantitative estimate of drug-likeness (QED) is 0.828. The summed E-state index contributed by atoms with van der Waals surface area (Å²) < 4.78 is 5.53. The van der Waals surface area contributed by atoms with Gasteiger partial charge in [0, 0.05) is 57.8 Å². The van der Waals surface area contributed by atoms with Crippen LogP contribution in [-0.2, 0) is 11.3 Å². The first-order valence-electron chi connectivity index (χ1n) is 7.81. The lowest BCUT2D eigenvalue weighted by Gasteiger charge is -2.25. The van der Waals surface area contributed by atoms with Crippen LogP contribution in [0.25, 0.3) is 0 Å². The molecule has 0 N–H and O–H groups in total. The second kappa shape index (κ2) is 5.43. The SMILES string of the molecule is c1cncc(CN2C[C@@H]3CN(C4CCOC4)C[C@@H]3C2)c1.